The first-order chi connectivity index (χ1) is 19.1. The van der Waals surface area contributed by atoms with Gasteiger partial charge in [-0.05, 0) is 48.4 Å². The van der Waals surface area contributed by atoms with Crippen molar-refractivity contribution in [3.8, 4) is 17.9 Å². The van der Waals surface area contributed by atoms with Crippen LogP contribution in [-0.2, 0) is 22.6 Å². The summed E-state index contributed by atoms with van der Waals surface area (Å²) < 4.78 is 23.7. The fourth-order valence-corrected chi connectivity index (χ4v) is 5.49. The zero-order valence-corrected chi connectivity index (χ0v) is 22.7. The minimum absolute atomic E-state index is 0.266. The van der Waals surface area contributed by atoms with Gasteiger partial charge in [0.1, 0.15) is 12.6 Å². The Labute approximate surface area is 232 Å². The van der Waals surface area contributed by atoms with Crippen LogP contribution in [0.25, 0.3) is 10.9 Å². The van der Waals surface area contributed by atoms with Crippen LogP contribution in [0.1, 0.15) is 25.0 Å². The molecular formula is C27H28N6O6S. The Morgan fingerprint density at radius 3 is 2.27 bits per heavy atom. The summed E-state index contributed by atoms with van der Waals surface area (Å²) in [5, 5.41) is 20.4. The Hall–Kier alpha value is -4.27. The van der Waals surface area contributed by atoms with Gasteiger partial charge < -0.3 is 15.0 Å². The third-order valence-corrected chi connectivity index (χ3v) is 7.39. The van der Waals surface area contributed by atoms with Crippen LogP contribution in [0.15, 0.2) is 52.1 Å². The van der Waals surface area contributed by atoms with E-state index in [1.165, 1.54) is 0 Å². The number of aromatic nitrogens is 2. The van der Waals surface area contributed by atoms with E-state index in [9.17, 15) is 28.3 Å². The highest BCUT2D eigenvalue weighted by Crippen LogP contribution is 2.21. The Bertz CT molecular complexity index is 1660. The van der Waals surface area contributed by atoms with Gasteiger partial charge >= 0.3 is 11.7 Å². The van der Waals surface area contributed by atoms with E-state index in [0.717, 1.165) is 20.2 Å². The topological polar surface area (TPSA) is 163 Å². The minimum atomic E-state index is -2.46. The number of H-pyrrole nitrogens is 1. The van der Waals surface area contributed by atoms with Crippen molar-refractivity contribution in [2.45, 2.75) is 26.4 Å². The van der Waals surface area contributed by atoms with Gasteiger partial charge in [0.2, 0.25) is 11.3 Å². The van der Waals surface area contributed by atoms with Crippen molar-refractivity contribution >= 4 is 33.8 Å². The van der Waals surface area contributed by atoms with Crippen LogP contribution in [0.5, 0.6) is 0 Å². The summed E-state index contributed by atoms with van der Waals surface area (Å²) in [6.07, 6.45) is 0. The molecule has 0 bridgehead atoms. The van der Waals surface area contributed by atoms with Gasteiger partial charge in [0, 0.05) is 43.0 Å². The lowest BCUT2D eigenvalue weighted by Crippen LogP contribution is -2.60. The molecule has 0 amide bonds. The van der Waals surface area contributed by atoms with Crippen LogP contribution >= 0.6 is 0 Å². The number of nitrogens with zero attached hydrogens (tertiary/aromatic N) is 5. The summed E-state index contributed by atoms with van der Waals surface area (Å²) in [5.74, 6) is 4.58. The van der Waals surface area contributed by atoms with E-state index in [2.05, 4.69) is 21.7 Å². The van der Waals surface area contributed by atoms with E-state index < -0.39 is 34.5 Å². The highest BCUT2D eigenvalue weighted by Gasteiger charge is 2.38. The number of aliphatic carboxylic acids is 1. The molecule has 1 saturated heterocycles. The minimum Gasteiger partial charge on any atom is -0.480 e. The van der Waals surface area contributed by atoms with Crippen molar-refractivity contribution in [1.29, 1.82) is 5.26 Å². The first kappa shape index (κ1) is 28.7. The first-order valence-corrected chi connectivity index (χ1v) is 13.6. The Kier molecular flexibility index (Phi) is 8.82. The number of carboxylic acid groups (broad SMARTS) is 1. The van der Waals surface area contributed by atoms with Crippen molar-refractivity contribution < 1.29 is 18.7 Å². The summed E-state index contributed by atoms with van der Waals surface area (Å²) in [7, 11) is 0. The highest BCUT2D eigenvalue weighted by atomic mass is 32.2. The van der Waals surface area contributed by atoms with Gasteiger partial charge in [-0.25, -0.2) is 18.6 Å². The number of hydrogen-bond donors (Lipinski definition) is 3. The number of hydrogen-bond acceptors (Lipinski definition) is 7. The molecule has 12 nitrogen and oxygen atoms in total. The molecule has 2 atom stereocenters. The van der Waals surface area contributed by atoms with Crippen LogP contribution in [0.2, 0.25) is 0 Å². The number of carboxylic acids is 1. The number of nitriles is 1. The Morgan fingerprint density at radius 1 is 1.07 bits per heavy atom. The molecule has 0 saturated carbocycles. The number of rotatable bonds is 7. The molecule has 3 aromatic rings. The summed E-state index contributed by atoms with van der Waals surface area (Å²) in [5.41, 5.74) is 1.44. The number of aromatic amines is 1. The molecule has 1 aliphatic rings. The molecule has 2 heterocycles. The summed E-state index contributed by atoms with van der Waals surface area (Å²) in [6.45, 7) is 4.89. The summed E-state index contributed by atoms with van der Waals surface area (Å²) >= 11 is -2.46. The van der Waals surface area contributed by atoms with E-state index in [0.29, 0.717) is 37.3 Å². The van der Waals surface area contributed by atoms with Gasteiger partial charge in [-0.1, -0.05) is 25.7 Å². The van der Waals surface area contributed by atoms with Gasteiger partial charge in [0.15, 0.2) is 0 Å². The number of benzene rings is 2. The quantitative estimate of drug-likeness (QED) is 0.283. The lowest BCUT2D eigenvalue weighted by atomic mass is 10.1. The normalized spacial score (nSPS) is 15.4. The number of carbonyl (C=O) groups is 1. The van der Waals surface area contributed by atoms with Crippen molar-refractivity contribution in [2.75, 3.05) is 31.1 Å². The van der Waals surface area contributed by atoms with E-state index in [-0.39, 0.29) is 17.8 Å². The molecule has 1 fully saturated rings. The molecule has 4 rings (SSSR count). The molecular weight excluding hydrogens is 536 g/mol. The van der Waals surface area contributed by atoms with Gasteiger partial charge in [0.05, 0.1) is 17.0 Å². The molecule has 2 unspecified atom stereocenters. The lowest BCUT2D eigenvalue weighted by Gasteiger charge is -2.42. The van der Waals surface area contributed by atoms with Gasteiger partial charge in [-0.3, -0.25) is 14.1 Å². The lowest BCUT2D eigenvalue weighted by molar-refractivity contribution is -0.148. The molecule has 0 spiro atoms. The van der Waals surface area contributed by atoms with Crippen molar-refractivity contribution in [3.63, 3.8) is 0 Å². The van der Waals surface area contributed by atoms with Crippen LogP contribution in [0.3, 0.4) is 0 Å². The fourth-order valence-electron chi connectivity index (χ4n) is 4.60. The van der Waals surface area contributed by atoms with Gasteiger partial charge in [-0.2, -0.15) is 5.26 Å². The van der Waals surface area contributed by atoms with Gasteiger partial charge in [-0.15, -0.1) is 4.41 Å². The Balaban J connectivity index is 1.46. The number of piperazine rings is 1. The molecule has 2 aromatic carbocycles. The third kappa shape index (κ3) is 6.14. The highest BCUT2D eigenvalue weighted by molar-refractivity contribution is 7.76. The molecule has 208 valence electrons. The van der Waals surface area contributed by atoms with E-state index in [1.54, 1.807) is 37.1 Å². The SMILES string of the molecule is CC(C)C(C(=O)O)N(N1CCN(c2ccc(C#Cc3ccc4[nH]c(=O)n(CC#N)c(=O)c4c3)cc2)CC1)S(=O)O. The third-order valence-electron chi connectivity index (χ3n) is 6.61. The van der Waals surface area contributed by atoms with Crippen LogP contribution in [-0.4, -0.2) is 71.0 Å². The van der Waals surface area contributed by atoms with Crippen molar-refractivity contribution in [3.05, 3.63) is 74.4 Å². The predicted molar refractivity (Wildman–Crippen MR) is 150 cm³/mol. The predicted octanol–water partition coefficient (Wildman–Crippen LogP) is 1.20. The van der Waals surface area contributed by atoms with Crippen LogP contribution in [0, 0.1) is 29.1 Å². The maximum absolute atomic E-state index is 12.6. The maximum atomic E-state index is 12.6. The molecule has 0 radical (unpaired) electrons. The maximum Gasteiger partial charge on any atom is 0.329 e. The summed E-state index contributed by atoms with van der Waals surface area (Å²) in [4.78, 5) is 41.1. The molecule has 13 heteroatoms. The average molecular weight is 565 g/mol. The van der Waals surface area contributed by atoms with Crippen LogP contribution in [0.4, 0.5) is 5.69 Å². The zero-order chi connectivity index (χ0) is 29.0. The molecule has 3 N–H and O–H groups in total. The van der Waals surface area contributed by atoms with E-state index >= 15 is 0 Å². The second-order valence-electron chi connectivity index (χ2n) is 9.54. The standard InChI is InChI=1S/C27H28N6O6S/c1-18(2)24(26(35)36)33(40(38)39)31-15-13-30(14-16-31)21-8-5-19(6-9-21)3-4-20-7-10-23-22(17-20)25(34)32(12-11-28)27(37)29-23/h5-10,17-18,24H,12-16H2,1-2H3,(H,29,37)(H,35,36)(H,38,39). The second kappa shape index (κ2) is 12.3. The number of nitrogens with one attached hydrogen (secondary N) is 1. The van der Waals surface area contributed by atoms with Gasteiger partial charge in [0.25, 0.3) is 5.56 Å². The zero-order valence-electron chi connectivity index (χ0n) is 21.9. The molecule has 1 aliphatic heterocycles. The van der Waals surface area contributed by atoms with Crippen LogP contribution < -0.4 is 16.1 Å². The Morgan fingerprint density at radius 2 is 1.70 bits per heavy atom. The monoisotopic (exact) mass is 564 g/mol. The fraction of sp³-hybridized carbons (Fsp3) is 0.333. The number of anilines is 1. The van der Waals surface area contributed by atoms with Crippen molar-refractivity contribution in [1.82, 2.24) is 19.0 Å². The number of hydrazine groups is 1. The molecule has 0 aliphatic carbocycles. The van der Waals surface area contributed by atoms with E-state index in [1.807, 2.05) is 30.3 Å². The average Bonchev–Trinajstić information content (AvgIpc) is 2.93. The van der Waals surface area contributed by atoms with Crippen molar-refractivity contribution in [2.24, 2.45) is 5.92 Å². The largest absolute Gasteiger partial charge is 0.480 e. The molecule has 1 aromatic heterocycles. The second-order valence-corrected chi connectivity index (χ2v) is 10.4. The summed E-state index contributed by atoms with van der Waals surface area (Å²) in [6, 6.07) is 13.1. The molecule has 40 heavy (non-hydrogen) atoms. The van der Waals surface area contributed by atoms with E-state index in [4.69, 9.17) is 5.26 Å². The smallest absolute Gasteiger partial charge is 0.329 e. The number of fused-ring (bicyclic) bond motifs is 1. The first-order valence-electron chi connectivity index (χ1n) is 12.5.